The lowest BCUT2D eigenvalue weighted by Gasteiger charge is -2.26. The highest BCUT2D eigenvalue weighted by atomic mass is 16.5. The van der Waals surface area contributed by atoms with Gasteiger partial charge in [0.15, 0.2) is 0 Å². The highest BCUT2D eigenvalue weighted by Crippen LogP contribution is 2.35. The zero-order chi connectivity index (χ0) is 17.7. The second kappa shape index (κ2) is 8.44. The molecule has 1 N–H and O–H groups in total. The molecule has 2 fully saturated rings. The molecule has 0 aromatic heterocycles. The van der Waals surface area contributed by atoms with E-state index >= 15 is 0 Å². The third-order valence-electron chi connectivity index (χ3n) is 5.00. The minimum absolute atomic E-state index is 0.106. The molecule has 6 heteroatoms. The van der Waals surface area contributed by atoms with E-state index in [9.17, 15) is 9.59 Å². The minimum atomic E-state index is -0.477. The summed E-state index contributed by atoms with van der Waals surface area (Å²) in [4.78, 5) is 26.2. The predicted molar refractivity (Wildman–Crippen MR) is 89.2 cm³/mol. The van der Waals surface area contributed by atoms with Gasteiger partial charge in [-0.2, -0.15) is 0 Å². The highest BCUT2D eigenvalue weighted by molar-refractivity contribution is 5.88. The first-order chi connectivity index (χ1) is 11.5. The number of allylic oxidation sites excluding steroid dienone is 2. The Morgan fingerprint density at radius 3 is 2.50 bits per heavy atom. The van der Waals surface area contributed by atoms with Crippen molar-refractivity contribution in [1.29, 1.82) is 0 Å². The summed E-state index contributed by atoms with van der Waals surface area (Å²) in [5, 5.41) is 9.12. The van der Waals surface area contributed by atoms with Crippen molar-refractivity contribution in [1.82, 2.24) is 4.90 Å². The molecule has 2 saturated heterocycles. The molecular formula is C18H27NO5. The molecule has 0 unspecified atom stereocenters. The van der Waals surface area contributed by atoms with Crippen molar-refractivity contribution < 1.29 is 24.2 Å². The SMILES string of the molecule is C/C=C(/C)C(=O)O[C@@H]1CCN2CC[C@H](COC(=O)/C(=C/C)CO)[C@H]12. The monoisotopic (exact) mass is 337 g/mol. The second-order valence-electron chi connectivity index (χ2n) is 6.35. The Bertz CT molecular complexity index is 540. The number of hydrogen-bond donors (Lipinski definition) is 1. The van der Waals surface area contributed by atoms with Gasteiger partial charge in [-0.3, -0.25) is 4.90 Å². The van der Waals surface area contributed by atoms with Crippen LogP contribution in [0.1, 0.15) is 33.6 Å². The van der Waals surface area contributed by atoms with Gasteiger partial charge in [-0.25, -0.2) is 9.59 Å². The van der Waals surface area contributed by atoms with Crippen LogP contribution in [-0.4, -0.2) is 60.4 Å². The molecule has 2 aliphatic rings. The molecular weight excluding hydrogens is 310 g/mol. The average molecular weight is 337 g/mol. The molecule has 0 saturated carbocycles. The van der Waals surface area contributed by atoms with Crippen molar-refractivity contribution >= 4 is 11.9 Å². The molecule has 2 aliphatic heterocycles. The van der Waals surface area contributed by atoms with Crippen LogP contribution in [0, 0.1) is 5.92 Å². The van der Waals surface area contributed by atoms with Crippen molar-refractivity contribution in [2.24, 2.45) is 5.92 Å². The summed E-state index contributed by atoms with van der Waals surface area (Å²) in [6.07, 6.45) is 4.88. The van der Waals surface area contributed by atoms with E-state index in [4.69, 9.17) is 14.6 Å². The van der Waals surface area contributed by atoms with Crippen LogP contribution < -0.4 is 0 Å². The third-order valence-corrected chi connectivity index (χ3v) is 5.00. The summed E-state index contributed by atoms with van der Waals surface area (Å²) >= 11 is 0. The van der Waals surface area contributed by atoms with Gasteiger partial charge < -0.3 is 14.6 Å². The number of ether oxygens (including phenoxy) is 2. The number of fused-ring (bicyclic) bond motifs is 1. The molecule has 0 spiro atoms. The summed E-state index contributed by atoms with van der Waals surface area (Å²) in [5.74, 6) is -0.602. The molecule has 0 aliphatic carbocycles. The van der Waals surface area contributed by atoms with Gasteiger partial charge in [-0.15, -0.1) is 0 Å². The van der Waals surface area contributed by atoms with Crippen LogP contribution in [0.25, 0.3) is 0 Å². The molecule has 0 aromatic carbocycles. The lowest BCUT2D eigenvalue weighted by atomic mass is 9.97. The van der Waals surface area contributed by atoms with Gasteiger partial charge in [0.1, 0.15) is 6.10 Å². The second-order valence-corrected chi connectivity index (χ2v) is 6.35. The van der Waals surface area contributed by atoms with Crippen molar-refractivity contribution in [3.8, 4) is 0 Å². The number of nitrogens with zero attached hydrogens (tertiary/aromatic N) is 1. The molecule has 0 aromatic rings. The van der Waals surface area contributed by atoms with Crippen LogP contribution in [0.3, 0.4) is 0 Å². The fourth-order valence-corrected chi connectivity index (χ4v) is 3.42. The highest BCUT2D eigenvalue weighted by Gasteiger charge is 2.46. The van der Waals surface area contributed by atoms with Gasteiger partial charge in [0.25, 0.3) is 0 Å². The van der Waals surface area contributed by atoms with Gasteiger partial charge in [-0.1, -0.05) is 12.2 Å². The maximum atomic E-state index is 12.0. The van der Waals surface area contributed by atoms with E-state index in [0.29, 0.717) is 5.57 Å². The summed E-state index contributed by atoms with van der Waals surface area (Å²) in [6, 6.07) is 0.106. The van der Waals surface area contributed by atoms with E-state index in [1.807, 2.05) is 6.92 Å². The van der Waals surface area contributed by atoms with Crippen molar-refractivity contribution in [2.75, 3.05) is 26.3 Å². The van der Waals surface area contributed by atoms with Crippen LogP contribution in [0.15, 0.2) is 23.3 Å². The van der Waals surface area contributed by atoms with Gasteiger partial charge in [0, 0.05) is 18.0 Å². The Balaban J connectivity index is 1.95. The smallest absolute Gasteiger partial charge is 0.336 e. The summed E-state index contributed by atoms with van der Waals surface area (Å²) < 4.78 is 11.0. The lowest BCUT2D eigenvalue weighted by Crippen LogP contribution is -2.38. The number of carbonyl (C=O) groups is 2. The molecule has 3 atom stereocenters. The topological polar surface area (TPSA) is 76.1 Å². The predicted octanol–water partition coefficient (Wildman–Crippen LogP) is 1.44. The number of aliphatic hydroxyl groups excluding tert-OH is 1. The van der Waals surface area contributed by atoms with E-state index in [-0.39, 0.29) is 42.8 Å². The maximum absolute atomic E-state index is 12.0. The molecule has 6 nitrogen and oxygen atoms in total. The normalized spacial score (nSPS) is 27.9. The number of carbonyl (C=O) groups excluding carboxylic acids is 2. The Morgan fingerprint density at radius 1 is 1.17 bits per heavy atom. The molecule has 0 amide bonds. The van der Waals surface area contributed by atoms with Crippen LogP contribution in [0.4, 0.5) is 0 Å². The number of esters is 2. The molecule has 0 bridgehead atoms. The zero-order valence-corrected chi connectivity index (χ0v) is 14.7. The van der Waals surface area contributed by atoms with Crippen molar-refractivity contribution in [3.63, 3.8) is 0 Å². The summed E-state index contributed by atoms with van der Waals surface area (Å²) in [6.45, 7) is 7.05. The van der Waals surface area contributed by atoms with E-state index in [0.717, 1.165) is 25.9 Å². The number of rotatable bonds is 6. The van der Waals surface area contributed by atoms with E-state index in [1.165, 1.54) is 0 Å². The van der Waals surface area contributed by atoms with Crippen molar-refractivity contribution in [3.05, 3.63) is 23.3 Å². The van der Waals surface area contributed by atoms with Crippen LogP contribution >= 0.6 is 0 Å². The van der Waals surface area contributed by atoms with Crippen LogP contribution in [0.2, 0.25) is 0 Å². The average Bonchev–Trinajstić information content (AvgIpc) is 3.16. The molecule has 2 heterocycles. The number of aliphatic hydroxyl groups is 1. The fourth-order valence-electron chi connectivity index (χ4n) is 3.42. The maximum Gasteiger partial charge on any atom is 0.336 e. The zero-order valence-electron chi connectivity index (χ0n) is 14.7. The van der Waals surface area contributed by atoms with Gasteiger partial charge in [-0.05, 0) is 40.2 Å². The standard InChI is InChI=1S/C18H27NO5/c1-4-12(3)17(21)24-15-7-9-19-8-6-14(16(15)19)11-23-18(22)13(5-2)10-20/h4-5,14-16,20H,6-11H2,1-3H3/b12-4-,13-5+/t14-,15-,16-/m1/s1. The fraction of sp³-hybridized carbons (Fsp3) is 0.667. The number of hydrogen-bond acceptors (Lipinski definition) is 6. The van der Waals surface area contributed by atoms with Gasteiger partial charge >= 0.3 is 11.9 Å². The van der Waals surface area contributed by atoms with Gasteiger partial charge in [0.05, 0.1) is 24.8 Å². The third kappa shape index (κ3) is 4.05. The van der Waals surface area contributed by atoms with E-state index in [2.05, 4.69) is 4.90 Å². The largest absolute Gasteiger partial charge is 0.462 e. The van der Waals surface area contributed by atoms with Crippen LogP contribution in [-0.2, 0) is 19.1 Å². The first-order valence-electron chi connectivity index (χ1n) is 8.52. The molecule has 24 heavy (non-hydrogen) atoms. The van der Waals surface area contributed by atoms with Crippen LogP contribution in [0.5, 0.6) is 0 Å². The van der Waals surface area contributed by atoms with Gasteiger partial charge in [0.2, 0.25) is 0 Å². The Hall–Kier alpha value is -1.66. The first kappa shape index (κ1) is 18.7. The Kier molecular flexibility index (Phi) is 6.57. The summed E-state index contributed by atoms with van der Waals surface area (Å²) in [5.41, 5.74) is 0.873. The Labute approximate surface area is 143 Å². The quantitative estimate of drug-likeness (QED) is 0.584. The Morgan fingerprint density at radius 2 is 1.88 bits per heavy atom. The molecule has 0 radical (unpaired) electrons. The van der Waals surface area contributed by atoms with E-state index < -0.39 is 5.97 Å². The molecule has 134 valence electrons. The minimum Gasteiger partial charge on any atom is -0.462 e. The van der Waals surface area contributed by atoms with Crippen molar-refractivity contribution in [2.45, 2.75) is 45.8 Å². The van der Waals surface area contributed by atoms with E-state index in [1.54, 1.807) is 26.0 Å². The summed E-state index contributed by atoms with van der Waals surface area (Å²) in [7, 11) is 0. The molecule has 2 rings (SSSR count). The lowest BCUT2D eigenvalue weighted by molar-refractivity contribution is -0.148. The first-order valence-corrected chi connectivity index (χ1v) is 8.52.